The van der Waals surface area contributed by atoms with Gasteiger partial charge in [0.25, 0.3) is 0 Å². The number of amides is 2. The number of alkyl carbamates (subject to hydrolysis) is 1. The molecule has 0 aliphatic carbocycles. The fraction of sp³-hybridized carbons (Fsp3) is 0.846. The largest absolute Gasteiger partial charge is 0.444 e. The lowest BCUT2D eigenvalue weighted by molar-refractivity contribution is -0.132. The normalized spacial score (nSPS) is 23.8. The number of carbonyl (C=O) groups excluding carboxylic acids is 2. The standard InChI is InChI=1S/C13H24N2O3S/c1-12(2,3)18-11(17)14-9-10(16)15(6)7-8-19-13(9,4)5/h9H,7-8H2,1-6H3,(H,14,17)/t9-/m1/s1. The number of rotatable bonds is 1. The molecule has 0 aromatic heterocycles. The Labute approximate surface area is 119 Å². The molecule has 1 saturated heterocycles. The Hall–Kier alpha value is -0.910. The Kier molecular flexibility index (Phi) is 4.76. The highest BCUT2D eigenvalue weighted by Crippen LogP contribution is 2.31. The molecule has 19 heavy (non-hydrogen) atoms. The van der Waals surface area contributed by atoms with Crippen molar-refractivity contribution in [3.63, 3.8) is 0 Å². The van der Waals surface area contributed by atoms with Crippen molar-refractivity contribution in [2.45, 2.75) is 51.0 Å². The van der Waals surface area contributed by atoms with Gasteiger partial charge in [0.05, 0.1) is 0 Å². The molecule has 0 bridgehead atoms. The first-order valence-corrected chi connectivity index (χ1v) is 7.40. The minimum atomic E-state index is -0.570. The Morgan fingerprint density at radius 2 is 2.05 bits per heavy atom. The number of carbonyl (C=O) groups is 2. The molecule has 1 N–H and O–H groups in total. The quantitative estimate of drug-likeness (QED) is 0.800. The van der Waals surface area contributed by atoms with E-state index in [1.807, 2.05) is 13.8 Å². The molecular formula is C13H24N2O3S. The Bertz CT molecular complexity index is 363. The van der Waals surface area contributed by atoms with Crippen LogP contribution in [0.4, 0.5) is 4.79 Å². The predicted octanol–water partition coefficient (Wildman–Crippen LogP) is 1.86. The Morgan fingerprint density at radius 3 is 2.58 bits per heavy atom. The second-order valence-corrected chi connectivity index (χ2v) is 8.04. The van der Waals surface area contributed by atoms with Crippen LogP contribution in [0.3, 0.4) is 0 Å². The molecule has 1 aliphatic rings. The van der Waals surface area contributed by atoms with Crippen LogP contribution in [0.2, 0.25) is 0 Å². The summed E-state index contributed by atoms with van der Waals surface area (Å²) >= 11 is 1.68. The van der Waals surface area contributed by atoms with Crippen molar-refractivity contribution in [3.8, 4) is 0 Å². The number of likely N-dealkylation sites (N-methyl/N-ethyl adjacent to an activating group) is 1. The molecule has 6 heteroatoms. The summed E-state index contributed by atoms with van der Waals surface area (Å²) < 4.78 is 4.88. The van der Waals surface area contributed by atoms with E-state index in [2.05, 4.69) is 5.32 Å². The molecule has 0 unspecified atom stereocenters. The van der Waals surface area contributed by atoms with E-state index in [1.54, 1.807) is 44.5 Å². The summed E-state index contributed by atoms with van der Waals surface area (Å²) in [7, 11) is 1.76. The average molecular weight is 288 g/mol. The van der Waals surface area contributed by atoms with Gasteiger partial charge < -0.3 is 15.0 Å². The van der Waals surface area contributed by atoms with Crippen molar-refractivity contribution in [2.24, 2.45) is 0 Å². The van der Waals surface area contributed by atoms with Crippen molar-refractivity contribution < 1.29 is 14.3 Å². The summed E-state index contributed by atoms with van der Waals surface area (Å²) in [6.45, 7) is 10.0. The maximum absolute atomic E-state index is 12.3. The molecule has 0 radical (unpaired) electrons. The number of thioether (sulfide) groups is 1. The number of hydrogen-bond donors (Lipinski definition) is 1. The van der Waals surface area contributed by atoms with E-state index in [9.17, 15) is 9.59 Å². The van der Waals surface area contributed by atoms with E-state index in [-0.39, 0.29) is 10.7 Å². The van der Waals surface area contributed by atoms with Crippen molar-refractivity contribution in [2.75, 3.05) is 19.3 Å². The molecule has 1 atom stereocenters. The zero-order chi connectivity index (χ0) is 14.8. The maximum atomic E-state index is 12.3. The van der Waals surface area contributed by atoms with Gasteiger partial charge in [-0.1, -0.05) is 0 Å². The summed E-state index contributed by atoms with van der Waals surface area (Å²) in [5.74, 6) is 0.794. The fourth-order valence-corrected chi connectivity index (χ4v) is 3.04. The number of ether oxygens (including phenoxy) is 1. The Morgan fingerprint density at radius 1 is 1.47 bits per heavy atom. The average Bonchev–Trinajstić information content (AvgIpc) is 2.28. The third kappa shape index (κ3) is 4.60. The zero-order valence-electron chi connectivity index (χ0n) is 12.6. The third-order valence-corrected chi connectivity index (χ3v) is 4.25. The minimum absolute atomic E-state index is 0.0686. The minimum Gasteiger partial charge on any atom is -0.444 e. The molecule has 0 aromatic rings. The molecular weight excluding hydrogens is 264 g/mol. The van der Waals surface area contributed by atoms with Crippen molar-refractivity contribution in [1.29, 1.82) is 0 Å². The van der Waals surface area contributed by atoms with Gasteiger partial charge in [-0.2, -0.15) is 11.8 Å². The smallest absolute Gasteiger partial charge is 0.408 e. The predicted molar refractivity (Wildman–Crippen MR) is 77.3 cm³/mol. The molecule has 1 fully saturated rings. The van der Waals surface area contributed by atoms with E-state index < -0.39 is 17.7 Å². The van der Waals surface area contributed by atoms with Crippen LogP contribution in [0.25, 0.3) is 0 Å². The van der Waals surface area contributed by atoms with Gasteiger partial charge in [-0.15, -0.1) is 0 Å². The van der Waals surface area contributed by atoms with Gasteiger partial charge >= 0.3 is 6.09 Å². The highest BCUT2D eigenvalue weighted by Gasteiger charge is 2.41. The maximum Gasteiger partial charge on any atom is 0.408 e. The lowest BCUT2D eigenvalue weighted by Gasteiger charge is -2.32. The zero-order valence-corrected chi connectivity index (χ0v) is 13.4. The molecule has 1 heterocycles. The van der Waals surface area contributed by atoms with Gasteiger partial charge in [0.15, 0.2) is 0 Å². The van der Waals surface area contributed by atoms with Crippen LogP contribution >= 0.6 is 11.8 Å². The van der Waals surface area contributed by atoms with Crippen molar-refractivity contribution in [1.82, 2.24) is 10.2 Å². The van der Waals surface area contributed by atoms with Gasteiger partial charge in [-0.3, -0.25) is 4.79 Å². The van der Waals surface area contributed by atoms with Crippen LogP contribution < -0.4 is 5.32 Å². The topological polar surface area (TPSA) is 58.6 Å². The third-order valence-electron chi connectivity index (χ3n) is 2.88. The molecule has 0 saturated carbocycles. The second-order valence-electron chi connectivity index (χ2n) is 6.29. The SMILES string of the molecule is CN1CCSC(C)(C)[C@H](NC(=O)OC(C)(C)C)C1=O. The van der Waals surface area contributed by atoms with Gasteiger partial charge in [-0.05, 0) is 34.6 Å². The van der Waals surface area contributed by atoms with Gasteiger partial charge in [0, 0.05) is 24.1 Å². The number of nitrogens with zero attached hydrogens (tertiary/aromatic N) is 1. The molecule has 1 rings (SSSR count). The fourth-order valence-electron chi connectivity index (χ4n) is 1.82. The monoisotopic (exact) mass is 288 g/mol. The first-order chi connectivity index (χ1) is 8.53. The van der Waals surface area contributed by atoms with Crippen LogP contribution in [0.5, 0.6) is 0 Å². The summed E-state index contributed by atoms with van der Waals surface area (Å²) in [5, 5.41) is 2.71. The summed E-state index contributed by atoms with van der Waals surface area (Å²) in [6.07, 6.45) is -0.546. The summed E-state index contributed by atoms with van der Waals surface area (Å²) in [4.78, 5) is 25.8. The van der Waals surface area contributed by atoms with Crippen LogP contribution in [-0.2, 0) is 9.53 Å². The van der Waals surface area contributed by atoms with E-state index in [0.29, 0.717) is 6.54 Å². The van der Waals surface area contributed by atoms with E-state index in [1.165, 1.54) is 0 Å². The lowest BCUT2D eigenvalue weighted by Crippen LogP contribution is -2.56. The van der Waals surface area contributed by atoms with E-state index >= 15 is 0 Å². The first kappa shape index (κ1) is 16.1. The van der Waals surface area contributed by atoms with Gasteiger partial charge in [0.2, 0.25) is 5.91 Å². The lowest BCUT2D eigenvalue weighted by atomic mass is 10.0. The van der Waals surface area contributed by atoms with Crippen LogP contribution in [0.1, 0.15) is 34.6 Å². The van der Waals surface area contributed by atoms with Crippen LogP contribution in [0, 0.1) is 0 Å². The number of hydrogen-bond acceptors (Lipinski definition) is 4. The second kappa shape index (κ2) is 5.61. The Balaban J connectivity index is 2.81. The highest BCUT2D eigenvalue weighted by molar-refractivity contribution is 8.00. The van der Waals surface area contributed by atoms with Crippen LogP contribution in [-0.4, -0.2) is 52.6 Å². The molecule has 0 spiro atoms. The molecule has 1 aliphatic heterocycles. The summed E-state index contributed by atoms with van der Waals surface area (Å²) in [5.41, 5.74) is -0.568. The molecule has 0 aromatic carbocycles. The van der Waals surface area contributed by atoms with Crippen LogP contribution in [0.15, 0.2) is 0 Å². The van der Waals surface area contributed by atoms with Crippen molar-refractivity contribution >= 4 is 23.8 Å². The van der Waals surface area contributed by atoms with Crippen molar-refractivity contribution in [3.05, 3.63) is 0 Å². The molecule has 5 nitrogen and oxygen atoms in total. The van der Waals surface area contributed by atoms with Gasteiger partial charge in [0.1, 0.15) is 11.6 Å². The number of nitrogens with one attached hydrogen (secondary N) is 1. The highest BCUT2D eigenvalue weighted by atomic mass is 32.2. The van der Waals surface area contributed by atoms with E-state index in [4.69, 9.17) is 4.74 Å². The van der Waals surface area contributed by atoms with Gasteiger partial charge in [-0.25, -0.2) is 4.79 Å². The molecule has 2 amide bonds. The van der Waals surface area contributed by atoms with E-state index in [0.717, 1.165) is 5.75 Å². The summed E-state index contributed by atoms with van der Waals surface area (Å²) in [6, 6.07) is -0.570. The first-order valence-electron chi connectivity index (χ1n) is 6.41. The molecule has 110 valence electrons.